The van der Waals surface area contributed by atoms with Crippen LogP contribution in [0.15, 0.2) is 18.2 Å². The second kappa shape index (κ2) is 5.97. The number of hydrogen-bond acceptors (Lipinski definition) is 3. The highest BCUT2D eigenvalue weighted by Crippen LogP contribution is 2.25. The van der Waals surface area contributed by atoms with Crippen LogP contribution in [0, 0.1) is 0 Å². The van der Waals surface area contributed by atoms with Gasteiger partial charge in [0.25, 0.3) is 0 Å². The zero-order chi connectivity index (χ0) is 14.0. The zero-order valence-corrected chi connectivity index (χ0v) is 12.7. The normalized spacial score (nSPS) is 20.9. The Hall–Kier alpha value is -0.330. The van der Waals surface area contributed by atoms with Crippen molar-refractivity contribution < 1.29 is 8.42 Å². The van der Waals surface area contributed by atoms with Gasteiger partial charge < -0.3 is 5.73 Å². The van der Waals surface area contributed by atoms with Crippen LogP contribution in [0.5, 0.6) is 0 Å². The fourth-order valence-electron chi connectivity index (χ4n) is 2.40. The van der Waals surface area contributed by atoms with Crippen LogP contribution in [0.3, 0.4) is 0 Å². The second-order valence-electron chi connectivity index (χ2n) is 4.68. The highest BCUT2D eigenvalue weighted by Gasteiger charge is 2.33. The monoisotopic (exact) mass is 322 g/mol. The fraction of sp³-hybridized carbons (Fsp3) is 0.500. The lowest BCUT2D eigenvalue weighted by molar-refractivity contribution is 0.392. The zero-order valence-electron chi connectivity index (χ0n) is 10.4. The SMILES string of the molecule is NC[C@H]1CCCN1S(=O)(=O)Cc1cc(Cl)cc(Cl)c1. The molecule has 0 saturated carbocycles. The molecule has 1 atom stereocenters. The lowest BCUT2D eigenvalue weighted by atomic mass is 10.2. The first-order chi connectivity index (χ1) is 8.92. The van der Waals surface area contributed by atoms with Gasteiger partial charge in [-0.25, -0.2) is 8.42 Å². The van der Waals surface area contributed by atoms with Crippen LogP contribution in [0.25, 0.3) is 0 Å². The van der Waals surface area contributed by atoms with Crippen LogP contribution in [0.1, 0.15) is 18.4 Å². The lowest BCUT2D eigenvalue weighted by Crippen LogP contribution is -2.40. The van der Waals surface area contributed by atoms with E-state index in [1.165, 1.54) is 4.31 Å². The summed E-state index contributed by atoms with van der Waals surface area (Å²) in [5, 5.41) is 0.879. The van der Waals surface area contributed by atoms with Gasteiger partial charge in [-0.1, -0.05) is 23.2 Å². The van der Waals surface area contributed by atoms with E-state index in [1.54, 1.807) is 18.2 Å². The van der Waals surface area contributed by atoms with Crippen molar-refractivity contribution in [1.29, 1.82) is 0 Å². The van der Waals surface area contributed by atoms with Crippen molar-refractivity contribution in [3.8, 4) is 0 Å². The Morgan fingerprint density at radius 1 is 1.26 bits per heavy atom. The molecule has 0 aliphatic carbocycles. The maximum absolute atomic E-state index is 12.4. The molecule has 1 aliphatic rings. The maximum atomic E-state index is 12.4. The third-order valence-corrected chi connectivity index (χ3v) is 5.55. The van der Waals surface area contributed by atoms with E-state index in [0.29, 0.717) is 28.7 Å². The van der Waals surface area contributed by atoms with Crippen LogP contribution in [-0.2, 0) is 15.8 Å². The minimum Gasteiger partial charge on any atom is -0.329 e. The van der Waals surface area contributed by atoms with Crippen LogP contribution in [0.4, 0.5) is 0 Å². The summed E-state index contributed by atoms with van der Waals surface area (Å²) in [7, 11) is -3.37. The van der Waals surface area contributed by atoms with Gasteiger partial charge in [0.15, 0.2) is 0 Å². The lowest BCUT2D eigenvalue weighted by Gasteiger charge is -2.22. The van der Waals surface area contributed by atoms with E-state index in [0.717, 1.165) is 12.8 Å². The number of benzene rings is 1. The molecule has 0 aromatic heterocycles. The Balaban J connectivity index is 2.21. The van der Waals surface area contributed by atoms with Gasteiger partial charge in [-0.2, -0.15) is 4.31 Å². The Morgan fingerprint density at radius 2 is 1.89 bits per heavy atom. The summed E-state index contributed by atoms with van der Waals surface area (Å²) in [5.74, 6) is -0.0935. The van der Waals surface area contributed by atoms with Crippen molar-refractivity contribution in [3.05, 3.63) is 33.8 Å². The fourth-order valence-corrected chi connectivity index (χ4v) is 4.78. The molecule has 1 aromatic rings. The van der Waals surface area contributed by atoms with E-state index < -0.39 is 10.0 Å². The first kappa shape index (κ1) is 15.1. The van der Waals surface area contributed by atoms with E-state index in [1.807, 2.05) is 0 Å². The molecular weight excluding hydrogens is 307 g/mol. The molecule has 2 N–H and O–H groups in total. The van der Waals surface area contributed by atoms with Crippen molar-refractivity contribution in [3.63, 3.8) is 0 Å². The van der Waals surface area contributed by atoms with Gasteiger partial charge in [0, 0.05) is 29.2 Å². The molecule has 0 bridgehead atoms. The number of halogens is 2. The molecule has 1 aliphatic heterocycles. The molecule has 1 aromatic carbocycles. The molecule has 1 fully saturated rings. The average Bonchev–Trinajstić information content (AvgIpc) is 2.75. The minimum atomic E-state index is -3.37. The molecule has 106 valence electrons. The Morgan fingerprint density at radius 3 is 2.47 bits per heavy atom. The van der Waals surface area contributed by atoms with Crippen LogP contribution < -0.4 is 5.73 Å². The number of nitrogens with zero attached hydrogens (tertiary/aromatic N) is 1. The van der Waals surface area contributed by atoms with Crippen molar-refractivity contribution >= 4 is 33.2 Å². The van der Waals surface area contributed by atoms with Crippen molar-refractivity contribution in [1.82, 2.24) is 4.31 Å². The molecule has 2 rings (SSSR count). The number of nitrogens with two attached hydrogens (primary N) is 1. The quantitative estimate of drug-likeness (QED) is 0.924. The largest absolute Gasteiger partial charge is 0.329 e. The molecule has 1 heterocycles. The molecular formula is C12H16Cl2N2O2S. The smallest absolute Gasteiger partial charge is 0.218 e. The molecule has 0 spiro atoms. The van der Waals surface area contributed by atoms with E-state index in [-0.39, 0.29) is 11.8 Å². The summed E-state index contributed by atoms with van der Waals surface area (Å²) in [4.78, 5) is 0. The molecule has 19 heavy (non-hydrogen) atoms. The molecule has 7 heteroatoms. The minimum absolute atomic E-state index is 0.0837. The van der Waals surface area contributed by atoms with Crippen molar-refractivity contribution in [2.24, 2.45) is 5.73 Å². The molecule has 0 unspecified atom stereocenters. The van der Waals surface area contributed by atoms with Crippen molar-refractivity contribution in [2.45, 2.75) is 24.6 Å². The summed E-state index contributed by atoms with van der Waals surface area (Å²) in [6, 6.07) is 4.74. The predicted molar refractivity (Wildman–Crippen MR) is 77.9 cm³/mol. The predicted octanol–water partition coefficient (Wildman–Crippen LogP) is 2.25. The Labute approximate surface area is 123 Å². The Bertz CT molecular complexity index is 543. The third kappa shape index (κ3) is 3.61. The number of sulfonamides is 1. The van der Waals surface area contributed by atoms with Gasteiger partial charge in [-0.05, 0) is 36.6 Å². The first-order valence-electron chi connectivity index (χ1n) is 6.07. The van der Waals surface area contributed by atoms with E-state index >= 15 is 0 Å². The van der Waals surface area contributed by atoms with Crippen LogP contribution in [-0.4, -0.2) is 31.9 Å². The topological polar surface area (TPSA) is 63.4 Å². The summed E-state index contributed by atoms with van der Waals surface area (Å²) >= 11 is 11.8. The van der Waals surface area contributed by atoms with E-state index in [9.17, 15) is 8.42 Å². The molecule has 4 nitrogen and oxygen atoms in total. The number of rotatable bonds is 4. The summed E-state index contributed by atoms with van der Waals surface area (Å²) in [5.41, 5.74) is 6.21. The highest BCUT2D eigenvalue weighted by molar-refractivity contribution is 7.88. The Kier molecular flexibility index (Phi) is 4.74. The van der Waals surface area contributed by atoms with Crippen LogP contribution in [0.2, 0.25) is 10.0 Å². The van der Waals surface area contributed by atoms with Crippen molar-refractivity contribution in [2.75, 3.05) is 13.1 Å². The van der Waals surface area contributed by atoms with E-state index in [4.69, 9.17) is 28.9 Å². The second-order valence-corrected chi connectivity index (χ2v) is 7.47. The molecule has 0 radical (unpaired) electrons. The van der Waals surface area contributed by atoms with Gasteiger partial charge in [0.05, 0.1) is 5.75 Å². The summed E-state index contributed by atoms with van der Waals surface area (Å²) < 4.78 is 26.3. The van der Waals surface area contributed by atoms with Gasteiger partial charge in [-0.3, -0.25) is 0 Å². The molecule has 1 saturated heterocycles. The van der Waals surface area contributed by atoms with E-state index in [2.05, 4.69) is 0 Å². The summed E-state index contributed by atoms with van der Waals surface area (Å²) in [6.07, 6.45) is 1.68. The van der Waals surface area contributed by atoms with Gasteiger partial charge in [-0.15, -0.1) is 0 Å². The number of hydrogen-bond donors (Lipinski definition) is 1. The highest BCUT2D eigenvalue weighted by atomic mass is 35.5. The first-order valence-corrected chi connectivity index (χ1v) is 8.43. The van der Waals surface area contributed by atoms with Gasteiger partial charge in [0.2, 0.25) is 10.0 Å². The van der Waals surface area contributed by atoms with Gasteiger partial charge >= 0.3 is 0 Å². The molecule has 0 amide bonds. The summed E-state index contributed by atoms with van der Waals surface area (Å²) in [6.45, 7) is 0.897. The maximum Gasteiger partial charge on any atom is 0.218 e. The standard InChI is InChI=1S/C12H16Cl2N2O2S/c13-10-4-9(5-11(14)6-10)8-19(17,18)16-3-1-2-12(16)7-15/h4-6,12H,1-3,7-8,15H2/t12-/m1/s1. The third-order valence-electron chi connectivity index (χ3n) is 3.22. The average molecular weight is 323 g/mol. The van der Waals surface area contributed by atoms with Gasteiger partial charge in [0.1, 0.15) is 0 Å². The van der Waals surface area contributed by atoms with Crippen LogP contribution >= 0.6 is 23.2 Å².